The van der Waals surface area contributed by atoms with Crippen molar-refractivity contribution in [3.63, 3.8) is 0 Å². The van der Waals surface area contributed by atoms with E-state index in [2.05, 4.69) is 0 Å². The van der Waals surface area contributed by atoms with Gasteiger partial charge in [0.15, 0.2) is 0 Å². The van der Waals surface area contributed by atoms with Gasteiger partial charge in [-0.25, -0.2) is 0 Å². The van der Waals surface area contributed by atoms with Crippen LogP contribution in [-0.2, 0) is 19.2 Å². The zero-order valence-corrected chi connectivity index (χ0v) is 15.8. The average Bonchev–Trinajstić information content (AvgIpc) is 2.39. The molecule has 0 unspecified atom stereocenters. The summed E-state index contributed by atoms with van der Waals surface area (Å²) in [5.74, 6) is -0.149. The predicted molar refractivity (Wildman–Crippen MR) is 104 cm³/mol. The van der Waals surface area contributed by atoms with Gasteiger partial charge in [-0.1, -0.05) is 49.5 Å². The van der Waals surface area contributed by atoms with Crippen LogP contribution < -0.4 is 0 Å². The molecule has 2 aliphatic heterocycles. The van der Waals surface area contributed by atoms with E-state index in [1.165, 1.54) is 9.80 Å². The minimum absolute atomic E-state index is 0. The standard InChI is InChI=1S/C10H17NO2.C8H13NO2.2CH4/c1-4-5-11-8(12)6-10(2,3)7-9(11)13;1-8(2)4-6(10)9(3)7(11)5-8;;/h4-7H2,1-3H3;4-5H2,1-3H3;2*1H4. The highest BCUT2D eigenvalue weighted by Gasteiger charge is 2.37. The van der Waals surface area contributed by atoms with Crippen molar-refractivity contribution in [1.82, 2.24) is 9.80 Å². The molecule has 6 heteroatoms. The third-order valence-corrected chi connectivity index (χ3v) is 4.32. The van der Waals surface area contributed by atoms with Crippen molar-refractivity contribution in [2.45, 2.75) is 81.6 Å². The lowest BCUT2D eigenvalue weighted by Crippen LogP contribution is -2.46. The van der Waals surface area contributed by atoms with Crippen molar-refractivity contribution in [3.8, 4) is 0 Å². The monoisotopic (exact) mass is 370 g/mol. The van der Waals surface area contributed by atoms with Gasteiger partial charge in [0, 0.05) is 39.3 Å². The number of carbonyl (C=O) groups excluding carboxylic acids is 4. The van der Waals surface area contributed by atoms with E-state index in [4.69, 9.17) is 0 Å². The van der Waals surface area contributed by atoms with Crippen molar-refractivity contribution in [2.24, 2.45) is 10.8 Å². The first kappa shape index (κ1) is 26.5. The number of hydrogen-bond donors (Lipinski definition) is 0. The largest absolute Gasteiger partial charge is 0.286 e. The topological polar surface area (TPSA) is 74.8 Å². The number of likely N-dealkylation sites (tertiary alicyclic amines) is 2. The highest BCUT2D eigenvalue weighted by molar-refractivity contribution is 5.98. The Kier molecular flexibility index (Phi) is 10.0. The minimum Gasteiger partial charge on any atom is -0.286 e. The lowest BCUT2D eigenvalue weighted by Gasteiger charge is -2.34. The van der Waals surface area contributed by atoms with Crippen LogP contribution in [0.1, 0.15) is 81.6 Å². The number of piperidine rings is 2. The van der Waals surface area contributed by atoms with E-state index < -0.39 is 0 Å². The van der Waals surface area contributed by atoms with Gasteiger partial charge >= 0.3 is 0 Å². The Bertz CT molecular complexity index is 498. The molecule has 2 fully saturated rings. The molecule has 2 rings (SSSR count). The van der Waals surface area contributed by atoms with Gasteiger partial charge < -0.3 is 0 Å². The van der Waals surface area contributed by atoms with Gasteiger partial charge in [-0.3, -0.25) is 29.0 Å². The van der Waals surface area contributed by atoms with Crippen LogP contribution in [0.2, 0.25) is 0 Å². The molecular formula is C20H38N2O4. The molecular weight excluding hydrogens is 332 g/mol. The van der Waals surface area contributed by atoms with Crippen LogP contribution >= 0.6 is 0 Å². The maximum absolute atomic E-state index is 11.5. The van der Waals surface area contributed by atoms with Crippen LogP contribution in [0.3, 0.4) is 0 Å². The number of nitrogens with zero attached hydrogens (tertiary/aromatic N) is 2. The summed E-state index contributed by atoms with van der Waals surface area (Å²) in [6, 6.07) is 0. The first-order chi connectivity index (χ1) is 10.9. The maximum Gasteiger partial charge on any atom is 0.229 e. The Hall–Kier alpha value is -1.72. The summed E-state index contributed by atoms with van der Waals surface area (Å²) >= 11 is 0. The predicted octanol–water partition coefficient (Wildman–Crippen LogP) is 3.64. The lowest BCUT2D eigenvalue weighted by atomic mass is 9.82. The minimum atomic E-state index is -0.140. The molecule has 6 nitrogen and oxygen atoms in total. The zero-order valence-electron chi connectivity index (χ0n) is 15.8. The summed E-state index contributed by atoms with van der Waals surface area (Å²) in [6.45, 7) is 10.4. The van der Waals surface area contributed by atoms with Crippen LogP contribution in [0.15, 0.2) is 0 Å². The van der Waals surface area contributed by atoms with Crippen molar-refractivity contribution in [3.05, 3.63) is 0 Å². The fourth-order valence-corrected chi connectivity index (χ4v) is 2.94. The van der Waals surface area contributed by atoms with Crippen molar-refractivity contribution < 1.29 is 19.2 Å². The van der Waals surface area contributed by atoms with Crippen LogP contribution in [0.4, 0.5) is 0 Å². The van der Waals surface area contributed by atoms with Gasteiger partial charge in [-0.2, -0.15) is 0 Å². The summed E-state index contributed by atoms with van der Waals surface area (Å²) in [5, 5.41) is 0. The van der Waals surface area contributed by atoms with Gasteiger partial charge in [0.2, 0.25) is 23.6 Å². The molecule has 0 aliphatic carbocycles. The quantitative estimate of drug-likeness (QED) is 0.696. The molecule has 2 saturated heterocycles. The van der Waals surface area contributed by atoms with E-state index in [1.807, 2.05) is 34.6 Å². The number of carbonyl (C=O) groups is 4. The van der Waals surface area contributed by atoms with E-state index in [1.54, 1.807) is 7.05 Å². The molecule has 0 bridgehead atoms. The van der Waals surface area contributed by atoms with Gasteiger partial charge in [0.25, 0.3) is 0 Å². The molecule has 2 heterocycles. The van der Waals surface area contributed by atoms with Crippen molar-refractivity contribution in [1.29, 1.82) is 0 Å². The fraction of sp³-hybridized carbons (Fsp3) is 0.800. The van der Waals surface area contributed by atoms with E-state index >= 15 is 0 Å². The number of amides is 4. The summed E-state index contributed by atoms with van der Waals surface area (Å²) in [7, 11) is 1.54. The first-order valence-electron chi connectivity index (χ1n) is 8.51. The SMILES string of the molecule is C.C.CCCN1C(=O)CC(C)(C)CC1=O.CN1C(=O)CC(C)(C)CC1=O. The smallest absolute Gasteiger partial charge is 0.229 e. The molecule has 2 aliphatic rings. The van der Waals surface area contributed by atoms with Gasteiger partial charge in [-0.15, -0.1) is 0 Å². The van der Waals surface area contributed by atoms with Crippen molar-refractivity contribution in [2.75, 3.05) is 13.6 Å². The molecule has 0 N–H and O–H groups in total. The third-order valence-electron chi connectivity index (χ3n) is 4.32. The number of hydrogen-bond acceptors (Lipinski definition) is 4. The molecule has 26 heavy (non-hydrogen) atoms. The Morgan fingerprint density at radius 2 is 1.04 bits per heavy atom. The molecule has 152 valence electrons. The van der Waals surface area contributed by atoms with Gasteiger partial charge in [0.1, 0.15) is 0 Å². The van der Waals surface area contributed by atoms with Crippen LogP contribution in [-0.4, -0.2) is 47.0 Å². The summed E-state index contributed by atoms with van der Waals surface area (Å²) in [6.07, 6.45) is 2.81. The second kappa shape index (κ2) is 9.83. The van der Waals surface area contributed by atoms with E-state index in [-0.39, 0.29) is 49.3 Å². The van der Waals surface area contributed by atoms with Crippen molar-refractivity contribution >= 4 is 23.6 Å². The normalized spacial score (nSPS) is 21.3. The molecule has 0 atom stereocenters. The Labute approximate surface area is 159 Å². The van der Waals surface area contributed by atoms with Gasteiger partial charge in [0.05, 0.1) is 0 Å². The fourth-order valence-electron chi connectivity index (χ4n) is 2.94. The Morgan fingerprint density at radius 3 is 1.35 bits per heavy atom. The first-order valence-corrected chi connectivity index (χ1v) is 8.51. The molecule has 0 aromatic carbocycles. The third kappa shape index (κ3) is 7.26. The van der Waals surface area contributed by atoms with E-state index in [0.717, 1.165) is 6.42 Å². The second-order valence-corrected chi connectivity index (χ2v) is 8.32. The second-order valence-electron chi connectivity index (χ2n) is 8.32. The maximum atomic E-state index is 11.5. The van der Waals surface area contributed by atoms with Crippen LogP contribution in [0.25, 0.3) is 0 Å². The molecule has 0 spiro atoms. The molecule has 0 aromatic heterocycles. The zero-order chi connectivity index (χ0) is 18.7. The summed E-state index contributed by atoms with van der Waals surface area (Å²) < 4.78 is 0. The van der Waals surface area contributed by atoms with Gasteiger partial charge in [-0.05, 0) is 17.3 Å². The number of rotatable bonds is 2. The van der Waals surface area contributed by atoms with E-state index in [0.29, 0.717) is 32.2 Å². The van der Waals surface area contributed by atoms with E-state index in [9.17, 15) is 19.2 Å². The van der Waals surface area contributed by atoms with Crippen LogP contribution in [0, 0.1) is 10.8 Å². The Balaban J connectivity index is 0. The molecule has 0 aromatic rings. The molecule has 0 radical (unpaired) electrons. The number of imide groups is 2. The lowest BCUT2D eigenvalue weighted by molar-refractivity contribution is -0.153. The van der Waals surface area contributed by atoms with Crippen LogP contribution in [0.5, 0.6) is 0 Å². The summed E-state index contributed by atoms with van der Waals surface area (Å²) in [5.41, 5.74) is -0.279. The molecule has 4 amide bonds. The highest BCUT2D eigenvalue weighted by Crippen LogP contribution is 2.31. The molecule has 0 saturated carbocycles. The Morgan fingerprint density at radius 1 is 0.731 bits per heavy atom. The average molecular weight is 371 g/mol. The summed E-state index contributed by atoms with van der Waals surface area (Å²) in [4.78, 5) is 47.9. The highest BCUT2D eigenvalue weighted by atomic mass is 16.2.